The average molecular weight is 414 g/mol. The van der Waals surface area contributed by atoms with Crippen LogP contribution in [0.25, 0.3) is 5.69 Å². The minimum Gasteiger partial charge on any atom is -0.347 e. The number of hydrogen-bond donors (Lipinski definition) is 1. The summed E-state index contributed by atoms with van der Waals surface area (Å²) >= 11 is 5.87. The number of carbonyl (C=O) groups is 1. The fourth-order valence-corrected chi connectivity index (χ4v) is 3.61. The van der Waals surface area contributed by atoms with Gasteiger partial charge in [-0.25, -0.2) is 4.68 Å². The lowest BCUT2D eigenvalue weighted by Gasteiger charge is -2.33. The highest BCUT2D eigenvalue weighted by Gasteiger charge is 2.46. The third-order valence-corrected chi connectivity index (χ3v) is 5.15. The number of alkyl halides is 3. The highest BCUT2D eigenvalue weighted by molar-refractivity contribution is 6.30. The second-order valence-electron chi connectivity index (χ2n) is 6.90. The van der Waals surface area contributed by atoms with Crippen molar-refractivity contribution in [2.75, 3.05) is 0 Å². The molecule has 1 heterocycles. The summed E-state index contributed by atoms with van der Waals surface area (Å²) in [7, 11) is 0. The van der Waals surface area contributed by atoms with Crippen molar-refractivity contribution in [3.63, 3.8) is 0 Å². The normalized spacial score (nSPS) is 20.0. The maximum Gasteiger partial charge on any atom is 0.393 e. The molecule has 0 aliphatic heterocycles. The van der Waals surface area contributed by atoms with Crippen LogP contribution >= 0.6 is 11.6 Å². The van der Waals surface area contributed by atoms with Crippen molar-refractivity contribution >= 4 is 17.5 Å². The van der Waals surface area contributed by atoms with Crippen LogP contribution in [0.5, 0.6) is 0 Å². The maximum atomic E-state index is 13.3. The summed E-state index contributed by atoms with van der Waals surface area (Å²) < 4.78 is 41.1. The van der Waals surface area contributed by atoms with E-state index in [1.165, 1.54) is 10.7 Å². The van der Waals surface area contributed by atoms with Gasteiger partial charge in [0.05, 0.1) is 11.6 Å². The van der Waals surface area contributed by atoms with Crippen LogP contribution in [0.3, 0.4) is 0 Å². The summed E-state index contributed by atoms with van der Waals surface area (Å²) in [4.78, 5) is 24.8. The van der Waals surface area contributed by atoms with Gasteiger partial charge in [0.2, 0.25) is 5.43 Å². The Morgan fingerprint density at radius 3 is 2.50 bits per heavy atom. The quantitative estimate of drug-likeness (QED) is 0.825. The molecule has 1 amide bonds. The molecule has 0 radical (unpaired) electrons. The van der Waals surface area contributed by atoms with Crippen LogP contribution in [0.1, 0.15) is 41.9 Å². The molecular weight excluding hydrogens is 395 g/mol. The molecule has 1 aliphatic carbocycles. The minimum atomic E-state index is -4.40. The van der Waals surface area contributed by atoms with Gasteiger partial charge in [0.15, 0.2) is 5.69 Å². The van der Waals surface area contributed by atoms with E-state index in [1.807, 2.05) is 0 Å². The van der Waals surface area contributed by atoms with Crippen molar-refractivity contribution in [2.24, 2.45) is 5.92 Å². The van der Waals surface area contributed by atoms with Crippen LogP contribution in [-0.2, 0) is 0 Å². The van der Waals surface area contributed by atoms with Crippen molar-refractivity contribution in [1.29, 1.82) is 0 Å². The van der Waals surface area contributed by atoms with Crippen LogP contribution in [0.4, 0.5) is 13.2 Å². The molecule has 5 nitrogen and oxygen atoms in total. The first-order chi connectivity index (χ1) is 13.2. The van der Waals surface area contributed by atoms with E-state index in [0.717, 1.165) is 0 Å². The third kappa shape index (κ3) is 4.38. The number of halogens is 4. The molecule has 150 valence electrons. The standard InChI is InChI=1S/C19H19ClF3N3O2/c1-11-10-16(27)17(25-26(11)13-8-6-12(20)7-9-13)18(28)24-15-5-3-2-4-14(15)19(21,22)23/h6-10,14-15H,2-5H2,1H3,(H,24,28)/t14-,15+/m0/s1. The first-order valence-electron chi connectivity index (χ1n) is 8.91. The van der Waals surface area contributed by atoms with E-state index < -0.39 is 35.2 Å². The molecular formula is C19H19ClF3N3O2. The van der Waals surface area contributed by atoms with Crippen molar-refractivity contribution < 1.29 is 18.0 Å². The van der Waals surface area contributed by atoms with E-state index in [1.54, 1.807) is 31.2 Å². The SMILES string of the molecule is Cc1cc(=O)c(C(=O)N[C@@H]2CCCC[C@@H]2C(F)(F)F)nn1-c1ccc(Cl)cc1. The average Bonchev–Trinajstić information content (AvgIpc) is 2.62. The summed E-state index contributed by atoms with van der Waals surface area (Å²) in [6.07, 6.45) is -3.17. The highest BCUT2D eigenvalue weighted by atomic mass is 35.5. The lowest BCUT2D eigenvalue weighted by atomic mass is 9.84. The van der Waals surface area contributed by atoms with Gasteiger partial charge in [-0.05, 0) is 44.0 Å². The fourth-order valence-electron chi connectivity index (χ4n) is 3.48. The van der Waals surface area contributed by atoms with Gasteiger partial charge >= 0.3 is 6.18 Å². The monoisotopic (exact) mass is 413 g/mol. The van der Waals surface area contributed by atoms with Crippen LogP contribution in [0.2, 0.25) is 5.02 Å². The van der Waals surface area contributed by atoms with Gasteiger partial charge in [0.1, 0.15) is 0 Å². The van der Waals surface area contributed by atoms with Gasteiger partial charge in [-0.1, -0.05) is 24.4 Å². The van der Waals surface area contributed by atoms with Gasteiger partial charge in [-0.15, -0.1) is 0 Å². The Kier molecular flexibility index (Phi) is 5.79. The van der Waals surface area contributed by atoms with Crippen LogP contribution in [-0.4, -0.2) is 27.9 Å². The van der Waals surface area contributed by atoms with E-state index in [0.29, 0.717) is 29.2 Å². The molecule has 1 saturated carbocycles. The number of nitrogens with zero attached hydrogens (tertiary/aromatic N) is 2. The molecule has 1 aromatic heterocycles. The number of benzene rings is 1. The summed E-state index contributed by atoms with van der Waals surface area (Å²) in [6.45, 7) is 1.64. The summed E-state index contributed by atoms with van der Waals surface area (Å²) in [5.74, 6) is -2.51. The predicted molar refractivity (Wildman–Crippen MR) is 98.8 cm³/mol. The summed E-state index contributed by atoms with van der Waals surface area (Å²) in [5.41, 5.74) is -0.0249. The van der Waals surface area contributed by atoms with Crippen molar-refractivity contribution in [3.05, 3.63) is 57.0 Å². The molecule has 0 spiro atoms. The number of nitrogens with one attached hydrogen (secondary N) is 1. The van der Waals surface area contributed by atoms with E-state index in [4.69, 9.17) is 11.6 Å². The first-order valence-corrected chi connectivity index (χ1v) is 9.29. The molecule has 3 rings (SSSR count). The fraction of sp³-hybridized carbons (Fsp3) is 0.421. The molecule has 1 N–H and O–H groups in total. The Morgan fingerprint density at radius 1 is 1.21 bits per heavy atom. The van der Waals surface area contributed by atoms with Gasteiger partial charge in [0.25, 0.3) is 5.91 Å². The molecule has 1 aromatic carbocycles. The number of aryl methyl sites for hydroxylation is 1. The van der Waals surface area contributed by atoms with Crippen LogP contribution < -0.4 is 10.7 Å². The smallest absolute Gasteiger partial charge is 0.347 e. The van der Waals surface area contributed by atoms with Crippen molar-refractivity contribution in [2.45, 2.75) is 44.8 Å². The topological polar surface area (TPSA) is 64.0 Å². The van der Waals surface area contributed by atoms with Gasteiger partial charge in [-0.2, -0.15) is 18.3 Å². The Hall–Kier alpha value is -2.35. The lowest BCUT2D eigenvalue weighted by molar-refractivity contribution is -0.187. The maximum absolute atomic E-state index is 13.3. The van der Waals surface area contributed by atoms with E-state index >= 15 is 0 Å². The Bertz CT molecular complexity index is 926. The van der Waals surface area contributed by atoms with Crippen LogP contribution in [0, 0.1) is 12.8 Å². The number of amides is 1. The summed E-state index contributed by atoms with van der Waals surface area (Å²) in [5, 5.41) is 6.99. The molecule has 0 saturated heterocycles. The molecule has 1 fully saturated rings. The molecule has 1 aliphatic rings. The molecule has 28 heavy (non-hydrogen) atoms. The molecule has 2 atom stereocenters. The minimum absolute atomic E-state index is 0.0369. The van der Waals surface area contributed by atoms with Crippen molar-refractivity contribution in [3.8, 4) is 5.69 Å². The molecule has 0 bridgehead atoms. The zero-order chi connectivity index (χ0) is 20.5. The number of aromatic nitrogens is 2. The zero-order valence-electron chi connectivity index (χ0n) is 15.1. The number of rotatable bonds is 3. The third-order valence-electron chi connectivity index (χ3n) is 4.90. The van der Waals surface area contributed by atoms with E-state index in [-0.39, 0.29) is 12.8 Å². The zero-order valence-corrected chi connectivity index (χ0v) is 15.8. The lowest BCUT2D eigenvalue weighted by Crippen LogP contribution is -2.48. The Morgan fingerprint density at radius 2 is 1.86 bits per heavy atom. The molecule has 2 aromatic rings. The molecule has 9 heteroatoms. The van der Waals surface area contributed by atoms with Gasteiger partial charge < -0.3 is 5.32 Å². The highest BCUT2D eigenvalue weighted by Crippen LogP contribution is 2.37. The Labute approximate surface area is 164 Å². The van der Waals surface area contributed by atoms with Gasteiger partial charge in [0, 0.05) is 22.8 Å². The van der Waals surface area contributed by atoms with Gasteiger partial charge in [-0.3, -0.25) is 9.59 Å². The summed E-state index contributed by atoms with van der Waals surface area (Å²) in [6, 6.07) is 6.76. The van der Waals surface area contributed by atoms with E-state index in [2.05, 4.69) is 10.4 Å². The number of carbonyl (C=O) groups excluding carboxylic acids is 1. The van der Waals surface area contributed by atoms with Crippen molar-refractivity contribution in [1.82, 2.24) is 15.1 Å². The Balaban J connectivity index is 1.90. The number of hydrogen-bond acceptors (Lipinski definition) is 3. The first kappa shape index (κ1) is 20.4. The van der Waals surface area contributed by atoms with E-state index in [9.17, 15) is 22.8 Å². The molecule has 0 unspecified atom stereocenters. The predicted octanol–water partition coefficient (Wildman–Crippen LogP) is 4.05. The second kappa shape index (κ2) is 7.95. The largest absolute Gasteiger partial charge is 0.393 e. The van der Waals surface area contributed by atoms with Crippen LogP contribution in [0.15, 0.2) is 35.1 Å². The second-order valence-corrected chi connectivity index (χ2v) is 7.34.